The number of ether oxygens (including phenoxy) is 2. The van der Waals surface area contributed by atoms with Crippen molar-refractivity contribution < 1.29 is 27.5 Å². The average molecular weight is 441 g/mol. The van der Waals surface area contributed by atoms with Gasteiger partial charge < -0.3 is 14.8 Å². The fraction of sp³-hybridized carbons (Fsp3) is 0.263. The van der Waals surface area contributed by atoms with E-state index in [0.717, 1.165) is 6.07 Å². The van der Waals surface area contributed by atoms with E-state index in [-0.39, 0.29) is 15.5 Å². The Kier molecular flexibility index (Phi) is 7.46. The van der Waals surface area contributed by atoms with Crippen LogP contribution in [0.2, 0.25) is 5.02 Å². The molecule has 1 amide bonds. The first-order chi connectivity index (χ1) is 13.7. The molecular formula is C19H21ClN2O6S. The number of sulfonamides is 1. The van der Waals surface area contributed by atoms with Crippen molar-refractivity contribution >= 4 is 39.2 Å². The van der Waals surface area contributed by atoms with Crippen LogP contribution in [0.1, 0.15) is 24.2 Å². The number of benzene rings is 2. The second-order valence-electron chi connectivity index (χ2n) is 5.93. The van der Waals surface area contributed by atoms with Crippen LogP contribution in [-0.4, -0.2) is 40.1 Å². The molecule has 0 aromatic heterocycles. The molecule has 2 rings (SSSR count). The van der Waals surface area contributed by atoms with Gasteiger partial charge in [-0.1, -0.05) is 11.6 Å². The monoisotopic (exact) mass is 440 g/mol. The minimum Gasteiger partial charge on any atom is -0.494 e. The number of rotatable bonds is 8. The lowest BCUT2D eigenvalue weighted by Gasteiger charge is -2.14. The third-order valence-electron chi connectivity index (χ3n) is 3.80. The van der Waals surface area contributed by atoms with E-state index in [2.05, 4.69) is 14.8 Å². The molecule has 2 aromatic rings. The lowest BCUT2D eigenvalue weighted by atomic mass is 10.2. The van der Waals surface area contributed by atoms with Crippen molar-refractivity contribution in [1.82, 2.24) is 5.32 Å². The highest BCUT2D eigenvalue weighted by molar-refractivity contribution is 7.92. The molecule has 29 heavy (non-hydrogen) atoms. The molecule has 0 spiro atoms. The summed E-state index contributed by atoms with van der Waals surface area (Å²) >= 11 is 6.05. The van der Waals surface area contributed by atoms with Crippen molar-refractivity contribution in [3.05, 3.63) is 53.1 Å². The molecule has 2 N–H and O–H groups in total. The second kappa shape index (κ2) is 9.62. The number of hydrogen-bond acceptors (Lipinski definition) is 6. The summed E-state index contributed by atoms with van der Waals surface area (Å²) in [5.41, 5.74) is 0.330. The zero-order valence-corrected chi connectivity index (χ0v) is 17.6. The van der Waals surface area contributed by atoms with Crippen LogP contribution in [0, 0.1) is 0 Å². The summed E-state index contributed by atoms with van der Waals surface area (Å²) in [5.74, 6) is -0.665. The first-order valence-corrected chi connectivity index (χ1v) is 10.5. The van der Waals surface area contributed by atoms with Crippen LogP contribution >= 0.6 is 11.6 Å². The predicted octanol–water partition coefficient (Wildman–Crippen LogP) is 2.83. The third-order valence-corrected chi connectivity index (χ3v) is 5.67. The molecule has 0 saturated heterocycles. The molecule has 0 aliphatic carbocycles. The van der Waals surface area contributed by atoms with Gasteiger partial charge in [0.2, 0.25) is 0 Å². The van der Waals surface area contributed by atoms with Gasteiger partial charge in [-0.15, -0.1) is 0 Å². The Labute approximate surface area is 174 Å². The third kappa shape index (κ3) is 5.85. The Morgan fingerprint density at radius 2 is 1.79 bits per heavy atom. The maximum atomic E-state index is 12.8. The molecule has 0 saturated carbocycles. The molecule has 156 valence electrons. The molecule has 8 nitrogen and oxygen atoms in total. The number of carbonyl (C=O) groups is 2. The Morgan fingerprint density at radius 3 is 2.38 bits per heavy atom. The highest BCUT2D eigenvalue weighted by atomic mass is 35.5. The van der Waals surface area contributed by atoms with Gasteiger partial charge in [0.25, 0.3) is 15.9 Å². The molecule has 0 fully saturated rings. The number of amides is 1. The van der Waals surface area contributed by atoms with Gasteiger partial charge in [0.15, 0.2) is 0 Å². The summed E-state index contributed by atoms with van der Waals surface area (Å²) < 4.78 is 37.8. The second-order valence-corrected chi connectivity index (χ2v) is 7.98. The largest absolute Gasteiger partial charge is 0.494 e. The maximum absolute atomic E-state index is 12.8. The molecule has 0 bridgehead atoms. The molecule has 10 heteroatoms. The number of halogens is 1. The van der Waals surface area contributed by atoms with Crippen molar-refractivity contribution in [2.45, 2.75) is 24.8 Å². The standard InChI is InChI=1S/C19H21ClN2O6S/c1-4-28-15-8-6-14(7-9-15)22-29(25,26)17-11-13(5-10-16(17)20)18(23)21-12(2)19(24)27-3/h5-12,22H,4H2,1-3H3,(H,21,23)/t12-/m1/s1. The molecule has 1 atom stereocenters. The lowest BCUT2D eigenvalue weighted by molar-refractivity contribution is -0.142. The first kappa shape index (κ1) is 22.5. The summed E-state index contributed by atoms with van der Waals surface area (Å²) in [4.78, 5) is 23.5. The number of carbonyl (C=O) groups excluding carboxylic acids is 2. The number of hydrogen-bond donors (Lipinski definition) is 2. The van der Waals surface area contributed by atoms with Crippen LogP contribution in [0.25, 0.3) is 0 Å². The minimum absolute atomic E-state index is 0.0252. The summed E-state index contributed by atoms with van der Waals surface area (Å²) in [5, 5.41) is 2.37. The SMILES string of the molecule is CCOc1ccc(NS(=O)(=O)c2cc(C(=O)N[C@H](C)C(=O)OC)ccc2Cl)cc1. The van der Waals surface area contributed by atoms with Crippen LogP contribution in [0.3, 0.4) is 0 Å². The summed E-state index contributed by atoms with van der Waals surface area (Å²) in [6, 6.07) is 9.24. The molecule has 0 unspecified atom stereocenters. The van der Waals surface area contributed by atoms with Gasteiger partial charge in [-0.25, -0.2) is 13.2 Å². The first-order valence-electron chi connectivity index (χ1n) is 8.62. The van der Waals surface area contributed by atoms with Crippen LogP contribution in [0.15, 0.2) is 47.4 Å². The van der Waals surface area contributed by atoms with E-state index >= 15 is 0 Å². The smallest absolute Gasteiger partial charge is 0.328 e. The fourth-order valence-corrected chi connectivity index (χ4v) is 3.95. The van der Waals surface area contributed by atoms with Gasteiger partial charge in [-0.05, 0) is 56.3 Å². The van der Waals surface area contributed by atoms with Gasteiger partial charge in [-0.2, -0.15) is 0 Å². The van der Waals surface area contributed by atoms with Gasteiger partial charge in [-0.3, -0.25) is 9.52 Å². The summed E-state index contributed by atoms with van der Waals surface area (Å²) in [6.07, 6.45) is 0. The van der Waals surface area contributed by atoms with E-state index in [1.807, 2.05) is 6.92 Å². The minimum atomic E-state index is -4.07. The number of esters is 1. The maximum Gasteiger partial charge on any atom is 0.328 e. The normalized spacial score (nSPS) is 12.0. The fourth-order valence-electron chi connectivity index (χ4n) is 2.36. The Morgan fingerprint density at radius 1 is 1.14 bits per heavy atom. The van der Waals surface area contributed by atoms with E-state index in [0.29, 0.717) is 18.0 Å². The van der Waals surface area contributed by atoms with Crippen LogP contribution < -0.4 is 14.8 Å². The van der Waals surface area contributed by atoms with Crippen molar-refractivity contribution in [3.63, 3.8) is 0 Å². The van der Waals surface area contributed by atoms with Crippen molar-refractivity contribution in [3.8, 4) is 5.75 Å². The molecule has 0 aliphatic rings. The number of nitrogens with one attached hydrogen (secondary N) is 2. The molecule has 0 radical (unpaired) electrons. The zero-order chi connectivity index (χ0) is 21.6. The van der Waals surface area contributed by atoms with Crippen molar-refractivity contribution in [2.24, 2.45) is 0 Å². The van der Waals surface area contributed by atoms with E-state index in [4.69, 9.17) is 16.3 Å². The number of anilines is 1. The molecule has 0 aliphatic heterocycles. The Bertz CT molecular complexity index is 992. The highest BCUT2D eigenvalue weighted by Gasteiger charge is 2.22. The van der Waals surface area contributed by atoms with E-state index in [1.54, 1.807) is 24.3 Å². The Hall–Kier alpha value is -2.78. The van der Waals surface area contributed by atoms with Gasteiger partial charge >= 0.3 is 5.97 Å². The van der Waals surface area contributed by atoms with Gasteiger partial charge in [0, 0.05) is 11.3 Å². The van der Waals surface area contributed by atoms with Gasteiger partial charge in [0.05, 0.1) is 18.7 Å². The van der Waals surface area contributed by atoms with Crippen molar-refractivity contribution in [2.75, 3.05) is 18.4 Å². The van der Waals surface area contributed by atoms with Gasteiger partial charge in [0.1, 0.15) is 16.7 Å². The lowest BCUT2D eigenvalue weighted by Crippen LogP contribution is -2.39. The average Bonchev–Trinajstić information content (AvgIpc) is 2.68. The zero-order valence-electron chi connectivity index (χ0n) is 16.1. The van der Waals surface area contributed by atoms with Crippen LogP contribution in [-0.2, 0) is 19.6 Å². The predicted molar refractivity (Wildman–Crippen MR) is 109 cm³/mol. The van der Waals surface area contributed by atoms with Crippen LogP contribution in [0.4, 0.5) is 5.69 Å². The molecule has 2 aromatic carbocycles. The van der Waals surface area contributed by atoms with E-state index in [9.17, 15) is 18.0 Å². The topological polar surface area (TPSA) is 111 Å². The van der Waals surface area contributed by atoms with E-state index in [1.165, 1.54) is 26.2 Å². The number of methoxy groups -OCH3 is 1. The Balaban J connectivity index is 2.25. The molecule has 0 heterocycles. The highest BCUT2D eigenvalue weighted by Crippen LogP contribution is 2.26. The molecular weight excluding hydrogens is 420 g/mol. The summed E-state index contributed by atoms with van der Waals surface area (Å²) in [7, 11) is -2.87. The quantitative estimate of drug-likeness (QED) is 0.610. The van der Waals surface area contributed by atoms with Crippen LogP contribution in [0.5, 0.6) is 5.75 Å². The summed E-state index contributed by atoms with van der Waals surface area (Å²) in [6.45, 7) is 3.78. The van der Waals surface area contributed by atoms with E-state index < -0.39 is 27.9 Å². The van der Waals surface area contributed by atoms with Crippen molar-refractivity contribution in [1.29, 1.82) is 0 Å².